The SMILES string of the molecule is Cn1ncc2c(N3CCN(C(=O)C4CCCN4)CC3)ncnc21. The normalized spacial score (nSPS) is 22.0. The van der Waals surface area contributed by atoms with Crippen molar-refractivity contribution in [3.05, 3.63) is 12.5 Å². The molecule has 1 unspecified atom stereocenters. The van der Waals surface area contributed by atoms with Crippen LogP contribution in [0.25, 0.3) is 11.0 Å². The number of carbonyl (C=O) groups is 1. The molecule has 8 nitrogen and oxygen atoms in total. The fraction of sp³-hybridized carbons (Fsp3) is 0.600. The zero-order valence-electron chi connectivity index (χ0n) is 13.3. The molecule has 0 bridgehead atoms. The van der Waals surface area contributed by atoms with E-state index in [4.69, 9.17) is 0 Å². The van der Waals surface area contributed by atoms with Crippen molar-refractivity contribution in [1.29, 1.82) is 0 Å². The van der Waals surface area contributed by atoms with E-state index in [9.17, 15) is 4.79 Å². The molecule has 8 heteroatoms. The highest BCUT2D eigenvalue weighted by Crippen LogP contribution is 2.23. The molecule has 4 heterocycles. The fourth-order valence-electron chi connectivity index (χ4n) is 3.46. The average molecular weight is 315 g/mol. The third-order valence-electron chi connectivity index (χ3n) is 4.76. The number of hydrogen-bond donors (Lipinski definition) is 1. The second-order valence-electron chi connectivity index (χ2n) is 6.16. The number of carbonyl (C=O) groups excluding carboxylic acids is 1. The Labute approximate surface area is 134 Å². The topological polar surface area (TPSA) is 79.2 Å². The Bertz CT molecular complexity index is 714. The minimum atomic E-state index is 0.0191. The lowest BCUT2D eigenvalue weighted by Crippen LogP contribution is -2.53. The molecular formula is C15H21N7O. The lowest BCUT2D eigenvalue weighted by Gasteiger charge is -2.36. The van der Waals surface area contributed by atoms with Crippen molar-refractivity contribution >= 4 is 22.8 Å². The molecule has 2 aromatic rings. The molecule has 2 saturated heterocycles. The summed E-state index contributed by atoms with van der Waals surface area (Å²) in [7, 11) is 1.88. The molecule has 0 aromatic carbocycles. The Hall–Kier alpha value is -2.22. The number of fused-ring (bicyclic) bond motifs is 1. The van der Waals surface area contributed by atoms with Gasteiger partial charge < -0.3 is 15.1 Å². The number of nitrogens with zero attached hydrogens (tertiary/aromatic N) is 6. The van der Waals surface area contributed by atoms with E-state index < -0.39 is 0 Å². The van der Waals surface area contributed by atoms with Gasteiger partial charge >= 0.3 is 0 Å². The van der Waals surface area contributed by atoms with E-state index in [1.165, 1.54) is 0 Å². The Morgan fingerprint density at radius 2 is 2.09 bits per heavy atom. The predicted molar refractivity (Wildman–Crippen MR) is 86.1 cm³/mol. The zero-order chi connectivity index (χ0) is 15.8. The Balaban J connectivity index is 1.47. The predicted octanol–water partition coefficient (Wildman–Crippen LogP) is -0.236. The van der Waals surface area contributed by atoms with Gasteiger partial charge in [-0.1, -0.05) is 0 Å². The molecule has 0 aliphatic carbocycles. The number of amides is 1. The summed E-state index contributed by atoms with van der Waals surface area (Å²) >= 11 is 0. The summed E-state index contributed by atoms with van der Waals surface area (Å²) in [5.74, 6) is 1.16. The summed E-state index contributed by atoms with van der Waals surface area (Å²) in [6.07, 6.45) is 5.45. The lowest BCUT2D eigenvalue weighted by atomic mass is 10.2. The summed E-state index contributed by atoms with van der Waals surface area (Å²) in [6.45, 7) is 4.01. The van der Waals surface area contributed by atoms with Gasteiger partial charge in [0, 0.05) is 33.2 Å². The smallest absolute Gasteiger partial charge is 0.239 e. The Morgan fingerprint density at radius 1 is 1.26 bits per heavy atom. The first kappa shape index (κ1) is 14.4. The minimum absolute atomic E-state index is 0.0191. The highest BCUT2D eigenvalue weighted by atomic mass is 16.2. The summed E-state index contributed by atoms with van der Waals surface area (Å²) < 4.78 is 1.76. The van der Waals surface area contributed by atoms with E-state index in [1.54, 1.807) is 11.0 Å². The van der Waals surface area contributed by atoms with Gasteiger partial charge in [-0.2, -0.15) is 5.10 Å². The molecule has 2 aliphatic heterocycles. The van der Waals surface area contributed by atoms with Crippen LogP contribution >= 0.6 is 0 Å². The van der Waals surface area contributed by atoms with E-state index in [0.717, 1.165) is 62.4 Å². The molecule has 2 fully saturated rings. The van der Waals surface area contributed by atoms with Crippen LogP contribution < -0.4 is 10.2 Å². The van der Waals surface area contributed by atoms with Gasteiger partial charge in [0.1, 0.15) is 12.1 Å². The van der Waals surface area contributed by atoms with Crippen LogP contribution in [0.4, 0.5) is 5.82 Å². The monoisotopic (exact) mass is 315 g/mol. The quantitative estimate of drug-likeness (QED) is 0.824. The van der Waals surface area contributed by atoms with E-state index in [0.29, 0.717) is 0 Å². The molecule has 2 aliphatic rings. The maximum absolute atomic E-state index is 12.5. The van der Waals surface area contributed by atoms with E-state index in [-0.39, 0.29) is 11.9 Å². The summed E-state index contributed by atoms with van der Waals surface area (Å²) in [5, 5.41) is 8.51. The van der Waals surface area contributed by atoms with Gasteiger partial charge in [-0.15, -0.1) is 0 Å². The van der Waals surface area contributed by atoms with Crippen LogP contribution in [0.5, 0.6) is 0 Å². The van der Waals surface area contributed by atoms with Crippen molar-refractivity contribution in [3.8, 4) is 0 Å². The van der Waals surface area contributed by atoms with E-state index in [2.05, 4.69) is 25.3 Å². The largest absolute Gasteiger partial charge is 0.352 e. The first-order valence-corrected chi connectivity index (χ1v) is 8.14. The lowest BCUT2D eigenvalue weighted by molar-refractivity contribution is -0.133. The number of aromatic nitrogens is 4. The highest BCUT2D eigenvalue weighted by molar-refractivity contribution is 5.87. The molecule has 122 valence electrons. The molecule has 4 rings (SSSR count). The molecule has 0 spiro atoms. The van der Waals surface area contributed by atoms with Crippen molar-refractivity contribution in [3.63, 3.8) is 0 Å². The number of nitrogens with one attached hydrogen (secondary N) is 1. The third kappa shape index (κ3) is 2.52. The van der Waals surface area contributed by atoms with Gasteiger partial charge in [0.25, 0.3) is 0 Å². The second-order valence-corrected chi connectivity index (χ2v) is 6.16. The van der Waals surface area contributed by atoms with Gasteiger partial charge in [-0.3, -0.25) is 9.48 Å². The van der Waals surface area contributed by atoms with Crippen molar-refractivity contribution in [2.45, 2.75) is 18.9 Å². The number of anilines is 1. The van der Waals surface area contributed by atoms with Crippen molar-refractivity contribution in [2.75, 3.05) is 37.6 Å². The van der Waals surface area contributed by atoms with Crippen LogP contribution in [0.1, 0.15) is 12.8 Å². The van der Waals surface area contributed by atoms with Crippen LogP contribution in [0.2, 0.25) is 0 Å². The van der Waals surface area contributed by atoms with Crippen molar-refractivity contribution in [2.24, 2.45) is 7.05 Å². The average Bonchev–Trinajstić information content (AvgIpc) is 3.25. The number of piperazine rings is 1. The first-order chi connectivity index (χ1) is 11.2. The standard InChI is InChI=1S/C15H21N7O/c1-20-13-11(9-19-20)14(18-10-17-13)21-5-7-22(8-6-21)15(23)12-3-2-4-16-12/h9-10,12,16H,2-8H2,1H3. The van der Waals surface area contributed by atoms with Crippen LogP contribution in [0.3, 0.4) is 0 Å². The highest BCUT2D eigenvalue weighted by Gasteiger charge is 2.29. The van der Waals surface area contributed by atoms with Gasteiger partial charge in [0.05, 0.1) is 17.6 Å². The van der Waals surface area contributed by atoms with Crippen LogP contribution in [-0.4, -0.2) is 69.3 Å². The van der Waals surface area contributed by atoms with Crippen molar-refractivity contribution < 1.29 is 4.79 Å². The maximum Gasteiger partial charge on any atom is 0.239 e. The molecule has 1 N–H and O–H groups in total. The number of hydrogen-bond acceptors (Lipinski definition) is 6. The zero-order valence-corrected chi connectivity index (χ0v) is 13.3. The van der Waals surface area contributed by atoms with Crippen LogP contribution in [-0.2, 0) is 11.8 Å². The van der Waals surface area contributed by atoms with E-state index >= 15 is 0 Å². The minimum Gasteiger partial charge on any atom is -0.352 e. The van der Waals surface area contributed by atoms with Gasteiger partial charge in [-0.25, -0.2) is 9.97 Å². The molecule has 2 aromatic heterocycles. The van der Waals surface area contributed by atoms with Crippen LogP contribution in [0.15, 0.2) is 12.5 Å². The third-order valence-corrected chi connectivity index (χ3v) is 4.76. The molecular weight excluding hydrogens is 294 g/mol. The number of rotatable bonds is 2. The number of aryl methyl sites for hydroxylation is 1. The van der Waals surface area contributed by atoms with Crippen LogP contribution in [0, 0.1) is 0 Å². The summed E-state index contributed by atoms with van der Waals surface area (Å²) in [6, 6.07) is 0.0191. The van der Waals surface area contributed by atoms with Gasteiger partial charge in [-0.05, 0) is 19.4 Å². The van der Waals surface area contributed by atoms with E-state index in [1.807, 2.05) is 18.1 Å². The molecule has 0 saturated carbocycles. The van der Waals surface area contributed by atoms with Gasteiger partial charge in [0.15, 0.2) is 5.65 Å². The molecule has 1 amide bonds. The summed E-state index contributed by atoms with van der Waals surface area (Å²) in [5.41, 5.74) is 0.837. The van der Waals surface area contributed by atoms with Crippen molar-refractivity contribution in [1.82, 2.24) is 30.0 Å². The molecule has 23 heavy (non-hydrogen) atoms. The first-order valence-electron chi connectivity index (χ1n) is 8.14. The maximum atomic E-state index is 12.5. The Kier molecular flexibility index (Phi) is 3.60. The molecule has 0 radical (unpaired) electrons. The molecule has 1 atom stereocenters. The van der Waals surface area contributed by atoms with Gasteiger partial charge in [0.2, 0.25) is 5.91 Å². The second kappa shape index (κ2) is 5.77. The summed E-state index contributed by atoms with van der Waals surface area (Å²) in [4.78, 5) is 25.4. The fourth-order valence-corrected chi connectivity index (χ4v) is 3.46. The Morgan fingerprint density at radius 3 is 2.83 bits per heavy atom.